The number of carbonyl (C=O) groups is 1. The molecule has 26 heavy (non-hydrogen) atoms. The first-order valence-corrected chi connectivity index (χ1v) is 9.51. The highest BCUT2D eigenvalue weighted by Crippen LogP contribution is 2.42. The number of likely N-dealkylation sites (N-methyl/N-ethyl adjacent to an activating group) is 2. The number of methoxy groups -OCH3 is 1. The maximum absolute atomic E-state index is 13.0. The van der Waals surface area contributed by atoms with Crippen molar-refractivity contribution in [2.24, 2.45) is 0 Å². The van der Waals surface area contributed by atoms with E-state index in [1.165, 1.54) is 12.0 Å². The van der Waals surface area contributed by atoms with Crippen LogP contribution < -0.4 is 0 Å². The van der Waals surface area contributed by atoms with Crippen molar-refractivity contribution >= 4 is 5.91 Å². The van der Waals surface area contributed by atoms with E-state index >= 15 is 0 Å². The Bertz CT molecular complexity index is 667. The first-order chi connectivity index (χ1) is 12.4. The Labute approximate surface area is 156 Å². The number of aromatic nitrogens is 1. The molecule has 1 aromatic heterocycles. The molecule has 0 radical (unpaired) electrons. The van der Waals surface area contributed by atoms with Crippen molar-refractivity contribution < 1.29 is 14.6 Å². The molecule has 1 fully saturated rings. The minimum absolute atomic E-state index is 0.116. The second-order valence-electron chi connectivity index (χ2n) is 7.84. The van der Waals surface area contributed by atoms with Gasteiger partial charge in [-0.1, -0.05) is 6.07 Å². The molecule has 1 atom stereocenters. The summed E-state index contributed by atoms with van der Waals surface area (Å²) < 4.78 is 5.45. The van der Waals surface area contributed by atoms with Crippen LogP contribution in [0.1, 0.15) is 54.3 Å². The van der Waals surface area contributed by atoms with Gasteiger partial charge < -0.3 is 14.7 Å². The van der Waals surface area contributed by atoms with Gasteiger partial charge in [-0.3, -0.25) is 14.7 Å². The molecule has 0 saturated heterocycles. The Morgan fingerprint density at radius 3 is 2.58 bits per heavy atom. The van der Waals surface area contributed by atoms with Crippen LogP contribution in [-0.4, -0.2) is 66.2 Å². The Kier molecular flexibility index (Phi) is 5.65. The van der Waals surface area contributed by atoms with E-state index < -0.39 is 6.10 Å². The van der Waals surface area contributed by atoms with Crippen LogP contribution in [-0.2, 0) is 28.9 Å². The lowest BCUT2D eigenvalue weighted by Crippen LogP contribution is -2.46. The normalized spacial score (nSPS) is 19.2. The zero-order valence-corrected chi connectivity index (χ0v) is 16.4. The van der Waals surface area contributed by atoms with E-state index in [-0.39, 0.29) is 18.1 Å². The van der Waals surface area contributed by atoms with Crippen molar-refractivity contribution in [3.05, 3.63) is 28.6 Å². The summed E-state index contributed by atoms with van der Waals surface area (Å²) >= 11 is 0. The summed E-state index contributed by atoms with van der Waals surface area (Å²) in [6.07, 6.45) is 5.71. The van der Waals surface area contributed by atoms with Crippen LogP contribution in [0.5, 0.6) is 0 Å². The van der Waals surface area contributed by atoms with Gasteiger partial charge in [-0.2, -0.15) is 0 Å². The summed E-state index contributed by atoms with van der Waals surface area (Å²) in [5.41, 5.74) is 3.81. The van der Waals surface area contributed by atoms with Crippen molar-refractivity contribution in [1.29, 1.82) is 0 Å². The molecule has 1 N–H and O–H groups in total. The van der Waals surface area contributed by atoms with Gasteiger partial charge in [0.1, 0.15) is 11.6 Å². The number of fused-ring (bicyclic) bond motifs is 1. The van der Waals surface area contributed by atoms with Crippen molar-refractivity contribution in [3.63, 3.8) is 0 Å². The highest BCUT2D eigenvalue weighted by atomic mass is 16.5. The van der Waals surface area contributed by atoms with Gasteiger partial charge in [0.2, 0.25) is 5.91 Å². The fraction of sp³-hybridized carbons (Fsp3) is 0.700. The molecule has 0 spiro atoms. The number of aliphatic hydroxyl groups excluding tert-OH is 1. The SMILES string of the molecule is COC(CO)c1nc2c(cc1CN(C)C(=O)C1(N(C)C)CC1)CCCC2. The zero-order chi connectivity index (χ0) is 18.9. The summed E-state index contributed by atoms with van der Waals surface area (Å²) in [7, 11) is 7.39. The number of aliphatic hydroxyl groups is 1. The van der Waals surface area contributed by atoms with E-state index in [9.17, 15) is 9.90 Å². The molecule has 6 heteroatoms. The van der Waals surface area contributed by atoms with Gasteiger partial charge in [-0.15, -0.1) is 0 Å². The van der Waals surface area contributed by atoms with Crippen LogP contribution >= 0.6 is 0 Å². The smallest absolute Gasteiger partial charge is 0.243 e. The maximum atomic E-state index is 13.0. The van der Waals surface area contributed by atoms with Crippen molar-refractivity contribution in [2.45, 2.75) is 56.7 Å². The minimum atomic E-state index is -0.454. The van der Waals surface area contributed by atoms with E-state index in [1.54, 1.807) is 12.0 Å². The van der Waals surface area contributed by atoms with Gasteiger partial charge in [0.25, 0.3) is 0 Å². The minimum Gasteiger partial charge on any atom is -0.393 e. The van der Waals surface area contributed by atoms with Crippen LogP contribution in [0, 0.1) is 0 Å². The molecule has 0 aliphatic heterocycles. The third kappa shape index (κ3) is 3.50. The van der Waals surface area contributed by atoms with Crippen LogP contribution in [0.15, 0.2) is 6.07 Å². The third-order valence-corrected chi connectivity index (χ3v) is 5.90. The standard InChI is InChI=1S/C20H31N3O3/c1-22(2)20(9-10-20)19(25)23(3)12-15-11-14-7-5-6-8-16(14)21-18(15)17(13-24)26-4/h11,17,24H,5-10,12-13H2,1-4H3. The van der Waals surface area contributed by atoms with E-state index in [1.807, 2.05) is 26.0 Å². The van der Waals surface area contributed by atoms with Crippen LogP contribution in [0.3, 0.4) is 0 Å². The number of hydrogen-bond acceptors (Lipinski definition) is 5. The fourth-order valence-corrected chi connectivity index (χ4v) is 4.03. The lowest BCUT2D eigenvalue weighted by Gasteiger charge is -2.30. The predicted octanol–water partition coefficient (Wildman–Crippen LogP) is 1.69. The molecule has 6 nitrogen and oxygen atoms in total. The zero-order valence-electron chi connectivity index (χ0n) is 16.4. The molecule has 144 valence electrons. The van der Waals surface area contributed by atoms with Gasteiger partial charge >= 0.3 is 0 Å². The van der Waals surface area contributed by atoms with Crippen molar-refractivity contribution in [2.75, 3.05) is 34.9 Å². The Morgan fingerprint density at radius 1 is 1.31 bits per heavy atom. The molecule has 3 rings (SSSR count). The van der Waals surface area contributed by atoms with Crippen LogP contribution in [0.4, 0.5) is 0 Å². The monoisotopic (exact) mass is 361 g/mol. The number of amides is 1. The summed E-state index contributed by atoms with van der Waals surface area (Å²) in [4.78, 5) is 21.6. The summed E-state index contributed by atoms with van der Waals surface area (Å²) in [6.45, 7) is 0.373. The quantitative estimate of drug-likeness (QED) is 0.801. The van der Waals surface area contributed by atoms with Gasteiger partial charge in [-0.25, -0.2) is 0 Å². The number of hydrogen-bond donors (Lipinski definition) is 1. The summed E-state index contributed by atoms with van der Waals surface area (Å²) in [5, 5.41) is 9.71. The number of rotatable bonds is 7. The second-order valence-corrected chi connectivity index (χ2v) is 7.84. The van der Waals surface area contributed by atoms with Gasteiger partial charge in [0.05, 0.1) is 12.3 Å². The topological polar surface area (TPSA) is 65.9 Å². The molecule has 2 aliphatic carbocycles. The molecule has 2 aliphatic rings. The molecule has 1 amide bonds. The molecule has 1 saturated carbocycles. The highest BCUT2D eigenvalue weighted by Gasteiger charge is 2.53. The lowest BCUT2D eigenvalue weighted by molar-refractivity contribution is -0.136. The lowest BCUT2D eigenvalue weighted by atomic mass is 9.93. The average molecular weight is 361 g/mol. The molecule has 1 unspecified atom stereocenters. The first kappa shape index (κ1) is 19.3. The number of ether oxygens (including phenoxy) is 1. The van der Waals surface area contributed by atoms with Gasteiger partial charge in [0, 0.05) is 26.4 Å². The number of pyridine rings is 1. The highest BCUT2D eigenvalue weighted by molar-refractivity contribution is 5.89. The summed E-state index contributed by atoms with van der Waals surface area (Å²) in [6, 6.07) is 2.18. The Balaban J connectivity index is 1.89. The van der Waals surface area contributed by atoms with Crippen LogP contribution in [0.25, 0.3) is 0 Å². The van der Waals surface area contributed by atoms with Crippen LogP contribution in [0.2, 0.25) is 0 Å². The largest absolute Gasteiger partial charge is 0.393 e. The van der Waals surface area contributed by atoms with Crippen molar-refractivity contribution in [1.82, 2.24) is 14.8 Å². The molecule has 1 heterocycles. The van der Waals surface area contributed by atoms with Gasteiger partial charge in [0.15, 0.2) is 0 Å². The number of aryl methyl sites for hydroxylation is 2. The average Bonchev–Trinajstić information content (AvgIpc) is 3.44. The molecular formula is C20H31N3O3. The molecule has 1 aromatic rings. The number of nitrogens with zero attached hydrogens (tertiary/aromatic N) is 3. The molecule has 0 bridgehead atoms. The number of carbonyl (C=O) groups excluding carboxylic acids is 1. The van der Waals surface area contributed by atoms with E-state index in [4.69, 9.17) is 9.72 Å². The fourth-order valence-electron chi connectivity index (χ4n) is 4.03. The van der Waals surface area contributed by atoms with E-state index in [0.29, 0.717) is 6.54 Å². The molecule has 0 aromatic carbocycles. The van der Waals surface area contributed by atoms with Gasteiger partial charge in [-0.05, 0) is 63.7 Å². The summed E-state index contributed by atoms with van der Waals surface area (Å²) in [5.74, 6) is 0.157. The third-order valence-electron chi connectivity index (χ3n) is 5.90. The molecular weight excluding hydrogens is 330 g/mol. The second kappa shape index (κ2) is 7.62. The Hall–Kier alpha value is -1.50. The Morgan fingerprint density at radius 2 is 2.00 bits per heavy atom. The van der Waals surface area contributed by atoms with E-state index in [2.05, 4.69) is 6.07 Å². The first-order valence-electron chi connectivity index (χ1n) is 9.51. The predicted molar refractivity (Wildman–Crippen MR) is 99.8 cm³/mol. The van der Waals surface area contributed by atoms with Crippen molar-refractivity contribution in [3.8, 4) is 0 Å². The maximum Gasteiger partial charge on any atom is 0.243 e. The van der Waals surface area contributed by atoms with E-state index in [0.717, 1.165) is 49.1 Å².